The van der Waals surface area contributed by atoms with Gasteiger partial charge in [-0.15, -0.1) is 5.10 Å². The minimum atomic E-state index is -0.142. The molecule has 2 aromatic heterocycles. The fraction of sp³-hybridized carbons (Fsp3) is 0.519. The standard InChI is InChI=1S/C27H33Cl2N9O2/c1-16-3-2-4-23(21-12-18(7-9-30-21)38-25(8-10-32-38)33-27(16)40)36-15-31-20(13-26(36)39)19-11-17(28)5-6-22(19)37-14-24(29)34-35-37/h5-6,11,13-16,18,21,23,25,30,32H,2-4,7-10,12H2,1H3,(H,33,40)/t16-,18?,21?,23+,25?/m1/s1. The van der Waals surface area contributed by atoms with Gasteiger partial charge in [0.05, 0.1) is 36.1 Å². The van der Waals surface area contributed by atoms with Crippen molar-refractivity contribution in [1.82, 2.24) is 45.6 Å². The van der Waals surface area contributed by atoms with Crippen molar-refractivity contribution in [1.29, 1.82) is 0 Å². The van der Waals surface area contributed by atoms with Gasteiger partial charge in [0, 0.05) is 41.2 Å². The molecule has 2 bridgehead atoms. The van der Waals surface area contributed by atoms with E-state index in [0.717, 1.165) is 51.6 Å². The van der Waals surface area contributed by atoms with Gasteiger partial charge >= 0.3 is 0 Å². The molecule has 0 spiro atoms. The van der Waals surface area contributed by atoms with Crippen LogP contribution in [0.1, 0.15) is 51.5 Å². The summed E-state index contributed by atoms with van der Waals surface area (Å²) in [6.45, 7) is 3.66. The number of nitrogens with zero attached hydrogens (tertiary/aromatic N) is 6. The molecule has 6 rings (SSSR count). The number of carbonyl (C=O) groups is 1. The van der Waals surface area contributed by atoms with Crippen LogP contribution in [0.15, 0.2) is 41.6 Å². The van der Waals surface area contributed by atoms with E-state index in [-0.39, 0.29) is 46.8 Å². The summed E-state index contributed by atoms with van der Waals surface area (Å²) in [5.41, 5.74) is 5.16. The molecule has 40 heavy (non-hydrogen) atoms. The maximum Gasteiger partial charge on any atom is 0.254 e. The van der Waals surface area contributed by atoms with Gasteiger partial charge in [-0.2, -0.15) is 0 Å². The molecule has 3 unspecified atom stereocenters. The maximum atomic E-state index is 13.7. The molecule has 0 saturated carbocycles. The summed E-state index contributed by atoms with van der Waals surface area (Å²) in [6, 6.07) is 7.10. The van der Waals surface area contributed by atoms with Crippen molar-refractivity contribution in [3.63, 3.8) is 0 Å². The smallest absolute Gasteiger partial charge is 0.254 e. The first-order valence-electron chi connectivity index (χ1n) is 13.9. The Morgan fingerprint density at radius 2 is 1.93 bits per heavy atom. The normalized spacial score (nSPS) is 27.9. The summed E-state index contributed by atoms with van der Waals surface area (Å²) in [7, 11) is 0. The Labute approximate surface area is 242 Å². The number of halogens is 2. The lowest BCUT2D eigenvalue weighted by atomic mass is 9.89. The number of rotatable bonds is 3. The zero-order valence-electron chi connectivity index (χ0n) is 22.3. The summed E-state index contributed by atoms with van der Waals surface area (Å²) in [4.78, 5) is 31.3. The zero-order chi connectivity index (χ0) is 27.8. The van der Waals surface area contributed by atoms with Crippen LogP contribution >= 0.6 is 23.2 Å². The van der Waals surface area contributed by atoms with E-state index < -0.39 is 0 Å². The quantitative estimate of drug-likeness (QED) is 0.429. The lowest BCUT2D eigenvalue weighted by molar-refractivity contribution is -0.127. The summed E-state index contributed by atoms with van der Waals surface area (Å²) in [5.74, 6) is -0.00502. The lowest BCUT2D eigenvalue weighted by Gasteiger charge is -2.42. The first-order chi connectivity index (χ1) is 19.4. The molecular formula is C27H33Cl2N9O2. The van der Waals surface area contributed by atoms with E-state index in [2.05, 4.69) is 31.4 Å². The lowest BCUT2D eigenvalue weighted by Crippen LogP contribution is -2.58. The molecule has 1 aromatic carbocycles. The summed E-state index contributed by atoms with van der Waals surface area (Å²) in [5, 5.41) is 17.9. The van der Waals surface area contributed by atoms with Gasteiger partial charge in [0.25, 0.3) is 5.56 Å². The molecule has 3 N–H and O–H groups in total. The predicted octanol–water partition coefficient (Wildman–Crippen LogP) is 2.93. The third-order valence-corrected chi connectivity index (χ3v) is 8.76. The maximum absolute atomic E-state index is 13.7. The van der Waals surface area contributed by atoms with Crippen molar-refractivity contribution in [2.45, 2.75) is 69.7 Å². The van der Waals surface area contributed by atoms with E-state index in [0.29, 0.717) is 22.0 Å². The molecule has 0 aliphatic carbocycles. The molecule has 13 heteroatoms. The molecule has 3 aliphatic rings. The van der Waals surface area contributed by atoms with Crippen molar-refractivity contribution in [3.05, 3.63) is 57.3 Å². The van der Waals surface area contributed by atoms with Gasteiger partial charge in [-0.05, 0) is 56.8 Å². The average molecular weight is 587 g/mol. The molecular weight excluding hydrogens is 553 g/mol. The van der Waals surface area contributed by atoms with Gasteiger partial charge in [0.15, 0.2) is 5.15 Å². The van der Waals surface area contributed by atoms with Gasteiger partial charge in [-0.3, -0.25) is 19.6 Å². The predicted molar refractivity (Wildman–Crippen MR) is 152 cm³/mol. The second-order valence-electron chi connectivity index (χ2n) is 10.9. The molecule has 3 saturated heterocycles. The van der Waals surface area contributed by atoms with Gasteiger partial charge in [0.2, 0.25) is 5.91 Å². The SMILES string of the molecule is C[C@@H]1CCC[C@H](n2cnc(-c3cc(Cl)ccc3-n3cc(Cl)nn3)cc2=O)C2CC(CCN2)N2NCCC2NC1=O. The summed E-state index contributed by atoms with van der Waals surface area (Å²) >= 11 is 12.3. The highest BCUT2D eigenvalue weighted by molar-refractivity contribution is 6.31. The van der Waals surface area contributed by atoms with Crippen molar-refractivity contribution < 1.29 is 4.79 Å². The number of piperidine rings is 1. The van der Waals surface area contributed by atoms with Gasteiger partial charge in [0.1, 0.15) is 0 Å². The number of amides is 1. The zero-order valence-corrected chi connectivity index (χ0v) is 23.8. The summed E-state index contributed by atoms with van der Waals surface area (Å²) in [6.07, 6.45) is 8.28. The van der Waals surface area contributed by atoms with Crippen LogP contribution in [0.3, 0.4) is 0 Å². The average Bonchev–Trinajstić information content (AvgIpc) is 3.59. The molecule has 3 fully saturated rings. The molecule has 212 valence electrons. The molecule has 3 aromatic rings. The fourth-order valence-corrected chi connectivity index (χ4v) is 6.56. The molecule has 3 aliphatic heterocycles. The number of hydrazine groups is 1. The van der Waals surface area contributed by atoms with Crippen LogP contribution in [0.2, 0.25) is 10.2 Å². The Morgan fingerprint density at radius 3 is 2.73 bits per heavy atom. The van der Waals surface area contributed by atoms with Crippen LogP contribution < -0.4 is 21.6 Å². The minimum Gasteiger partial charge on any atom is -0.339 e. The van der Waals surface area contributed by atoms with E-state index in [1.807, 2.05) is 6.92 Å². The minimum absolute atomic E-state index is 0.00740. The third-order valence-electron chi connectivity index (χ3n) is 8.35. The number of fused-ring (bicyclic) bond motifs is 4. The fourth-order valence-electron chi connectivity index (χ4n) is 6.27. The van der Waals surface area contributed by atoms with E-state index in [9.17, 15) is 9.59 Å². The third kappa shape index (κ3) is 5.53. The molecule has 11 nitrogen and oxygen atoms in total. The van der Waals surface area contributed by atoms with E-state index in [1.54, 1.807) is 41.4 Å². The highest BCUT2D eigenvalue weighted by Gasteiger charge is 2.38. The number of hydrogen-bond acceptors (Lipinski definition) is 8. The first-order valence-corrected chi connectivity index (χ1v) is 14.6. The number of benzene rings is 1. The molecule has 1 amide bonds. The Balaban J connectivity index is 1.33. The van der Waals surface area contributed by atoms with Gasteiger partial charge < -0.3 is 10.6 Å². The Kier molecular flexibility index (Phi) is 7.91. The summed E-state index contributed by atoms with van der Waals surface area (Å²) < 4.78 is 3.29. The number of carbonyl (C=O) groups excluding carboxylic acids is 1. The first kappa shape index (κ1) is 27.3. The Hall–Kier alpha value is -2.83. The second kappa shape index (κ2) is 11.6. The molecule has 0 radical (unpaired) electrons. The Morgan fingerprint density at radius 1 is 1.05 bits per heavy atom. The van der Waals surface area contributed by atoms with Crippen LogP contribution in [0.4, 0.5) is 0 Å². The second-order valence-corrected chi connectivity index (χ2v) is 11.8. The van der Waals surface area contributed by atoms with E-state index in [1.165, 1.54) is 4.68 Å². The van der Waals surface area contributed by atoms with E-state index in [4.69, 9.17) is 28.2 Å². The Bertz CT molecular complexity index is 1440. The molecule has 5 heterocycles. The highest BCUT2D eigenvalue weighted by atomic mass is 35.5. The number of aromatic nitrogens is 5. The van der Waals surface area contributed by atoms with Crippen molar-refractivity contribution in [3.8, 4) is 16.9 Å². The van der Waals surface area contributed by atoms with Crippen molar-refractivity contribution in [2.75, 3.05) is 13.1 Å². The van der Waals surface area contributed by atoms with Crippen LogP contribution in [-0.4, -0.2) is 66.8 Å². The largest absolute Gasteiger partial charge is 0.339 e. The van der Waals surface area contributed by atoms with Crippen LogP contribution in [0.5, 0.6) is 0 Å². The van der Waals surface area contributed by atoms with Crippen molar-refractivity contribution >= 4 is 29.1 Å². The van der Waals surface area contributed by atoms with Gasteiger partial charge in [-0.1, -0.05) is 41.8 Å². The van der Waals surface area contributed by atoms with Crippen LogP contribution in [0.25, 0.3) is 16.9 Å². The number of hydrogen-bond donors (Lipinski definition) is 3. The topological polar surface area (TPSA) is 122 Å². The monoisotopic (exact) mass is 585 g/mol. The van der Waals surface area contributed by atoms with Crippen LogP contribution in [0, 0.1) is 5.92 Å². The molecule has 5 atom stereocenters. The highest BCUT2D eigenvalue weighted by Crippen LogP contribution is 2.31. The van der Waals surface area contributed by atoms with Gasteiger partial charge in [-0.25, -0.2) is 14.7 Å². The van der Waals surface area contributed by atoms with Crippen LogP contribution in [-0.2, 0) is 4.79 Å². The number of nitrogens with one attached hydrogen (secondary N) is 3. The van der Waals surface area contributed by atoms with E-state index >= 15 is 0 Å². The van der Waals surface area contributed by atoms with Crippen molar-refractivity contribution in [2.24, 2.45) is 5.92 Å².